The molecular formula is C17H20N2O6. The topological polar surface area (TPSA) is 127 Å². The van der Waals surface area contributed by atoms with E-state index in [1.165, 1.54) is 0 Å². The fourth-order valence-electron chi connectivity index (χ4n) is 2.50. The Hall–Kier alpha value is -2.74. The second-order valence-electron chi connectivity index (χ2n) is 6.94. The van der Waals surface area contributed by atoms with Gasteiger partial charge in [0, 0.05) is 12.1 Å². The third-order valence-corrected chi connectivity index (χ3v) is 3.78. The van der Waals surface area contributed by atoms with E-state index in [9.17, 15) is 24.4 Å². The van der Waals surface area contributed by atoms with Gasteiger partial charge in [0.05, 0.1) is 6.42 Å². The highest BCUT2D eigenvalue weighted by molar-refractivity contribution is 6.29. The molecule has 1 aliphatic heterocycles. The van der Waals surface area contributed by atoms with Crippen molar-refractivity contribution in [1.82, 2.24) is 5.06 Å². The van der Waals surface area contributed by atoms with Crippen LogP contribution in [0.3, 0.4) is 0 Å². The van der Waals surface area contributed by atoms with Gasteiger partial charge in [0.2, 0.25) is 5.41 Å². The highest BCUT2D eigenvalue weighted by Gasteiger charge is 2.63. The number of nitrogens with zero attached hydrogens (tertiary/aromatic N) is 1. The first kappa shape index (κ1) is 18.6. The fraction of sp³-hybridized carbons (Fsp3) is 0.412. The van der Waals surface area contributed by atoms with E-state index in [0.29, 0.717) is 11.3 Å². The first-order valence-electron chi connectivity index (χ1n) is 7.65. The molecule has 1 fully saturated rings. The normalized spacial score (nSPS) is 20.7. The van der Waals surface area contributed by atoms with E-state index in [2.05, 4.69) is 0 Å². The molecule has 2 rings (SSSR count). The summed E-state index contributed by atoms with van der Waals surface area (Å²) in [4.78, 5) is 49.5. The van der Waals surface area contributed by atoms with Crippen LogP contribution in [0.5, 0.6) is 0 Å². The van der Waals surface area contributed by atoms with Crippen molar-refractivity contribution >= 4 is 29.3 Å². The number of esters is 1. The number of carbonyl (C=O) groups excluding carboxylic acids is 4. The van der Waals surface area contributed by atoms with E-state index in [0.717, 1.165) is 0 Å². The molecule has 1 saturated heterocycles. The number of anilines is 1. The molecule has 8 nitrogen and oxygen atoms in total. The second kappa shape index (κ2) is 6.29. The Balaban J connectivity index is 2.39. The molecule has 134 valence electrons. The van der Waals surface area contributed by atoms with Gasteiger partial charge in [-0.05, 0) is 38.5 Å². The lowest BCUT2D eigenvalue weighted by Gasteiger charge is -2.27. The minimum absolute atomic E-state index is 0.190. The number of carbonyl (C=O) groups is 4. The van der Waals surface area contributed by atoms with Crippen LogP contribution >= 0.6 is 0 Å². The monoisotopic (exact) mass is 348 g/mol. The SMILES string of the molecule is CC(C)(C)OC(=O)C1(C(=O)Cc2ccc(N)cc2)CC(=O)N(O)C1=O. The summed E-state index contributed by atoms with van der Waals surface area (Å²) in [6.07, 6.45) is -1.04. The Bertz CT molecular complexity index is 735. The maximum absolute atomic E-state index is 12.8. The van der Waals surface area contributed by atoms with Crippen molar-refractivity contribution in [1.29, 1.82) is 0 Å². The highest BCUT2D eigenvalue weighted by Crippen LogP contribution is 2.37. The van der Waals surface area contributed by atoms with Crippen LogP contribution in [0, 0.1) is 5.41 Å². The highest BCUT2D eigenvalue weighted by atomic mass is 16.6. The fourth-order valence-corrected chi connectivity index (χ4v) is 2.50. The zero-order chi connectivity index (χ0) is 19.0. The zero-order valence-electron chi connectivity index (χ0n) is 14.2. The number of nitrogens with two attached hydrogens (primary N) is 1. The Morgan fingerprint density at radius 3 is 2.24 bits per heavy atom. The number of hydrogen-bond acceptors (Lipinski definition) is 7. The average molecular weight is 348 g/mol. The van der Waals surface area contributed by atoms with Gasteiger partial charge in [0.25, 0.3) is 11.8 Å². The molecule has 0 aromatic heterocycles. The molecule has 2 amide bonds. The van der Waals surface area contributed by atoms with E-state index in [1.807, 2.05) is 0 Å². The number of ether oxygens (including phenoxy) is 1. The zero-order valence-corrected chi connectivity index (χ0v) is 14.2. The van der Waals surface area contributed by atoms with Gasteiger partial charge in [-0.1, -0.05) is 12.1 Å². The predicted molar refractivity (Wildman–Crippen MR) is 86.1 cm³/mol. The minimum atomic E-state index is -2.37. The molecule has 8 heteroatoms. The molecule has 1 aromatic carbocycles. The summed E-state index contributed by atoms with van der Waals surface area (Å²) >= 11 is 0. The van der Waals surface area contributed by atoms with Gasteiger partial charge < -0.3 is 10.5 Å². The lowest BCUT2D eigenvalue weighted by molar-refractivity contribution is -0.181. The molecule has 3 N–H and O–H groups in total. The number of imide groups is 1. The van der Waals surface area contributed by atoms with E-state index >= 15 is 0 Å². The maximum atomic E-state index is 12.8. The largest absolute Gasteiger partial charge is 0.459 e. The number of hydrogen-bond donors (Lipinski definition) is 2. The molecule has 0 saturated carbocycles. The number of Topliss-reactive ketones (excluding diaryl/α,β-unsaturated/α-hetero) is 1. The molecular weight excluding hydrogens is 328 g/mol. The Kier molecular flexibility index (Phi) is 4.68. The molecule has 1 aliphatic rings. The summed E-state index contributed by atoms with van der Waals surface area (Å²) in [5.41, 5.74) is 3.24. The number of amides is 2. The Morgan fingerprint density at radius 1 is 1.24 bits per heavy atom. The quantitative estimate of drug-likeness (QED) is 0.271. The maximum Gasteiger partial charge on any atom is 0.330 e. The summed E-state index contributed by atoms with van der Waals surface area (Å²) < 4.78 is 5.18. The first-order chi connectivity index (χ1) is 11.5. The van der Waals surface area contributed by atoms with E-state index in [1.54, 1.807) is 45.0 Å². The van der Waals surface area contributed by atoms with Crippen LogP contribution in [0.25, 0.3) is 0 Å². The summed E-state index contributed by atoms with van der Waals surface area (Å²) in [5, 5.41) is 9.37. The number of hydroxylamine groups is 2. The third kappa shape index (κ3) is 3.53. The lowest BCUT2D eigenvalue weighted by atomic mass is 9.79. The predicted octanol–water partition coefficient (Wildman–Crippen LogP) is 0.857. The van der Waals surface area contributed by atoms with Crippen LogP contribution in [0.4, 0.5) is 5.69 Å². The van der Waals surface area contributed by atoms with Crippen molar-refractivity contribution in [2.75, 3.05) is 5.73 Å². The van der Waals surface area contributed by atoms with Crippen molar-refractivity contribution in [3.05, 3.63) is 29.8 Å². The molecule has 0 spiro atoms. The average Bonchev–Trinajstić information content (AvgIpc) is 2.73. The van der Waals surface area contributed by atoms with E-state index < -0.39 is 41.0 Å². The molecule has 0 radical (unpaired) electrons. The van der Waals surface area contributed by atoms with Crippen molar-refractivity contribution < 1.29 is 29.1 Å². The number of benzene rings is 1. The first-order valence-corrected chi connectivity index (χ1v) is 7.65. The van der Waals surface area contributed by atoms with Gasteiger partial charge >= 0.3 is 5.97 Å². The molecule has 0 bridgehead atoms. The minimum Gasteiger partial charge on any atom is -0.459 e. The molecule has 1 atom stereocenters. The van der Waals surface area contributed by atoms with Crippen molar-refractivity contribution in [2.45, 2.75) is 39.2 Å². The van der Waals surface area contributed by atoms with Gasteiger partial charge in [-0.2, -0.15) is 5.06 Å². The third-order valence-electron chi connectivity index (χ3n) is 3.78. The molecule has 1 aromatic rings. The smallest absolute Gasteiger partial charge is 0.330 e. The van der Waals surface area contributed by atoms with Crippen molar-refractivity contribution in [3.63, 3.8) is 0 Å². The molecule has 1 heterocycles. The van der Waals surface area contributed by atoms with Crippen molar-refractivity contribution in [3.8, 4) is 0 Å². The Labute approximate surface area is 144 Å². The van der Waals surface area contributed by atoms with Crippen LogP contribution in [0.2, 0.25) is 0 Å². The van der Waals surface area contributed by atoms with Gasteiger partial charge in [-0.15, -0.1) is 0 Å². The van der Waals surface area contributed by atoms with Crippen LogP contribution in [0.1, 0.15) is 32.8 Å². The number of nitrogen functional groups attached to an aromatic ring is 1. The van der Waals surface area contributed by atoms with Crippen LogP contribution in [-0.4, -0.2) is 39.4 Å². The number of ketones is 1. The lowest BCUT2D eigenvalue weighted by Crippen LogP contribution is -2.49. The standard InChI is InChI=1S/C17H20N2O6/c1-16(2,3)25-15(23)17(9-13(21)19(24)14(17)22)12(20)8-10-4-6-11(18)7-5-10/h4-7,24H,8-9,18H2,1-3H3. The van der Waals surface area contributed by atoms with Gasteiger partial charge in [-0.3, -0.25) is 24.4 Å². The van der Waals surface area contributed by atoms with Gasteiger partial charge in [0.1, 0.15) is 5.60 Å². The summed E-state index contributed by atoms with van der Waals surface area (Å²) in [6.45, 7) is 4.71. The summed E-state index contributed by atoms with van der Waals surface area (Å²) in [7, 11) is 0. The summed E-state index contributed by atoms with van der Waals surface area (Å²) in [6, 6.07) is 6.30. The number of rotatable bonds is 4. The van der Waals surface area contributed by atoms with E-state index in [-0.39, 0.29) is 11.5 Å². The molecule has 25 heavy (non-hydrogen) atoms. The van der Waals surface area contributed by atoms with E-state index in [4.69, 9.17) is 10.5 Å². The summed E-state index contributed by atoms with van der Waals surface area (Å²) in [5.74, 6) is -4.27. The Morgan fingerprint density at radius 2 is 1.80 bits per heavy atom. The molecule has 0 aliphatic carbocycles. The van der Waals surface area contributed by atoms with Crippen LogP contribution in [-0.2, 0) is 30.3 Å². The van der Waals surface area contributed by atoms with Crippen LogP contribution in [0.15, 0.2) is 24.3 Å². The van der Waals surface area contributed by atoms with Gasteiger partial charge in [0.15, 0.2) is 5.78 Å². The van der Waals surface area contributed by atoms with Crippen molar-refractivity contribution in [2.24, 2.45) is 5.41 Å². The molecule has 1 unspecified atom stereocenters. The van der Waals surface area contributed by atoms with Crippen LogP contribution < -0.4 is 5.73 Å². The van der Waals surface area contributed by atoms with Gasteiger partial charge in [-0.25, -0.2) is 0 Å². The second-order valence-corrected chi connectivity index (χ2v) is 6.94.